The van der Waals surface area contributed by atoms with E-state index in [-0.39, 0.29) is 0 Å². The fourth-order valence-corrected chi connectivity index (χ4v) is 9.53. The highest BCUT2D eigenvalue weighted by Gasteiger charge is 2.54. The van der Waals surface area contributed by atoms with Gasteiger partial charge in [-0.3, -0.25) is 0 Å². The Morgan fingerprint density at radius 1 is 0.393 bits per heavy atom. The van der Waals surface area contributed by atoms with Gasteiger partial charge in [-0.15, -0.1) is 0 Å². The summed E-state index contributed by atoms with van der Waals surface area (Å²) in [5.41, 5.74) is 16.2. The minimum absolute atomic E-state index is 0.514. The molecule has 0 fully saturated rings. The fraction of sp³-hybridized carbons (Fsp3) is 0.0189. The Kier molecular flexibility index (Phi) is 6.55. The summed E-state index contributed by atoms with van der Waals surface area (Å²) in [7, 11) is 0. The van der Waals surface area contributed by atoms with Crippen molar-refractivity contribution in [2.45, 2.75) is 5.41 Å². The van der Waals surface area contributed by atoms with Crippen molar-refractivity contribution in [2.75, 3.05) is 0 Å². The van der Waals surface area contributed by atoms with Crippen LogP contribution in [0.5, 0.6) is 0 Å². The van der Waals surface area contributed by atoms with Gasteiger partial charge in [0.15, 0.2) is 5.82 Å². The molecule has 2 aliphatic carbocycles. The van der Waals surface area contributed by atoms with Crippen LogP contribution in [0.1, 0.15) is 22.3 Å². The predicted octanol–water partition coefficient (Wildman–Crippen LogP) is 13.4. The lowest BCUT2D eigenvalue weighted by Crippen LogP contribution is -2.25. The van der Waals surface area contributed by atoms with Crippen LogP contribution in [0.25, 0.3) is 89.2 Å². The molecule has 0 saturated heterocycles. The molecule has 0 aliphatic heterocycles. The number of rotatable bonds is 4. The van der Waals surface area contributed by atoms with Crippen LogP contribution in [0, 0.1) is 0 Å². The van der Waals surface area contributed by atoms with E-state index in [0.29, 0.717) is 5.82 Å². The Bertz CT molecular complexity index is 3170. The van der Waals surface area contributed by atoms with Crippen LogP contribution in [-0.2, 0) is 5.41 Å². The number of hydrogen-bond acceptors (Lipinski definition) is 3. The molecule has 10 aromatic rings. The molecule has 0 bridgehead atoms. The van der Waals surface area contributed by atoms with Crippen LogP contribution in [0.2, 0.25) is 0 Å². The van der Waals surface area contributed by atoms with Crippen LogP contribution in [0.4, 0.5) is 0 Å². The van der Waals surface area contributed by atoms with Crippen LogP contribution in [0.15, 0.2) is 199 Å². The highest BCUT2D eigenvalue weighted by molar-refractivity contribution is 6.05. The molecular weight excluding hydrogens is 681 g/mol. The molecule has 0 unspecified atom stereocenters. The normalized spacial score (nSPS) is 13.1. The van der Waals surface area contributed by atoms with E-state index in [9.17, 15) is 0 Å². The summed E-state index contributed by atoms with van der Waals surface area (Å²) in [5, 5.41) is 3.54. The van der Waals surface area contributed by atoms with Crippen molar-refractivity contribution in [2.24, 2.45) is 0 Å². The van der Waals surface area contributed by atoms with Gasteiger partial charge in [0.1, 0.15) is 11.3 Å². The van der Waals surface area contributed by atoms with Gasteiger partial charge in [-0.05, 0) is 74.0 Å². The predicted molar refractivity (Wildman–Crippen MR) is 227 cm³/mol. The monoisotopic (exact) mass is 712 g/mol. The Morgan fingerprint density at radius 3 is 1.82 bits per heavy atom. The quantitative estimate of drug-likeness (QED) is 0.182. The Morgan fingerprint density at radius 2 is 1.00 bits per heavy atom. The molecule has 2 aromatic heterocycles. The molecule has 260 valence electrons. The zero-order chi connectivity index (χ0) is 36.8. The molecule has 3 nitrogen and oxygen atoms in total. The number of furan rings is 1. The maximum Gasteiger partial charge on any atom is 0.160 e. The van der Waals surface area contributed by atoms with Crippen molar-refractivity contribution in [3.63, 3.8) is 0 Å². The van der Waals surface area contributed by atoms with Crippen molar-refractivity contribution in [3.05, 3.63) is 216 Å². The van der Waals surface area contributed by atoms with E-state index in [1.807, 2.05) is 6.07 Å². The van der Waals surface area contributed by atoms with E-state index in [4.69, 9.17) is 14.4 Å². The standard InChI is InChI=1S/C53H32N2O/c1-2-15-34(16-3-1)46-32-47(37-29-28-33-14-4-5-17-35(33)30-37)55-52(54-46)38-19-12-18-36(31-38)39-23-13-26-45-49(39)51-50(42-22-8-11-27-48(42)56-51)53(45)43-24-9-6-20-40(43)41-21-7-10-25-44(41)53/h1-32H. The van der Waals surface area contributed by atoms with Gasteiger partial charge in [-0.2, -0.15) is 0 Å². The van der Waals surface area contributed by atoms with Crippen LogP contribution in [-0.4, -0.2) is 9.97 Å². The summed E-state index contributed by atoms with van der Waals surface area (Å²) in [5.74, 6) is 1.62. The summed E-state index contributed by atoms with van der Waals surface area (Å²) < 4.78 is 6.97. The third-order valence-electron chi connectivity index (χ3n) is 11.9. The average molecular weight is 713 g/mol. The second-order valence-corrected chi connectivity index (χ2v) is 14.8. The largest absolute Gasteiger partial charge is 0.456 e. The molecule has 12 rings (SSSR count). The number of benzene rings is 8. The molecule has 0 atom stereocenters. The number of nitrogens with zero attached hydrogens (tertiary/aromatic N) is 2. The van der Waals surface area contributed by atoms with Gasteiger partial charge in [0, 0.05) is 33.2 Å². The summed E-state index contributed by atoms with van der Waals surface area (Å²) >= 11 is 0. The highest BCUT2D eigenvalue weighted by atomic mass is 16.3. The molecule has 0 amide bonds. The number of para-hydroxylation sites is 1. The SMILES string of the molecule is c1ccc(-c2cc(-c3ccc4ccccc4c3)nc(-c3cccc(-c4cccc5c4-c4oc6ccccc6c4C54c5ccccc5-c5ccccc54)c3)n2)cc1. The van der Waals surface area contributed by atoms with Crippen LogP contribution >= 0.6 is 0 Å². The van der Waals surface area contributed by atoms with Gasteiger partial charge in [-0.25, -0.2) is 9.97 Å². The maximum absolute atomic E-state index is 6.97. The van der Waals surface area contributed by atoms with Gasteiger partial charge in [0.25, 0.3) is 0 Å². The number of hydrogen-bond donors (Lipinski definition) is 0. The first-order valence-electron chi connectivity index (χ1n) is 19.2. The lowest BCUT2D eigenvalue weighted by molar-refractivity contribution is 0.629. The van der Waals surface area contributed by atoms with Crippen LogP contribution < -0.4 is 0 Å². The second-order valence-electron chi connectivity index (χ2n) is 14.8. The Labute approximate surface area is 324 Å². The van der Waals surface area contributed by atoms with Gasteiger partial charge < -0.3 is 4.42 Å². The second kappa shape index (κ2) is 11.8. The van der Waals surface area contributed by atoms with Gasteiger partial charge in [-0.1, -0.05) is 170 Å². The van der Waals surface area contributed by atoms with E-state index >= 15 is 0 Å². The van der Waals surface area contributed by atoms with Crippen molar-refractivity contribution in [1.29, 1.82) is 0 Å². The van der Waals surface area contributed by atoms with E-state index in [2.05, 4.69) is 188 Å². The van der Waals surface area contributed by atoms with Crippen LogP contribution in [0.3, 0.4) is 0 Å². The first kappa shape index (κ1) is 31.0. The molecule has 2 heterocycles. The molecule has 0 radical (unpaired) electrons. The molecule has 1 spiro atoms. The first-order chi connectivity index (χ1) is 27.8. The van der Waals surface area contributed by atoms with Gasteiger partial charge in [0.2, 0.25) is 0 Å². The van der Waals surface area contributed by atoms with E-state index < -0.39 is 5.41 Å². The summed E-state index contributed by atoms with van der Waals surface area (Å²) in [6, 6.07) is 69.3. The fourth-order valence-electron chi connectivity index (χ4n) is 9.53. The third kappa shape index (κ3) is 4.34. The Hall–Kier alpha value is -7.36. The molecule has 3 heteroatoms. The topological polar surface area (TPSA) is 38.9 Å². The average Bonchev–Trinajstić information content (AvgIpc) is 3.90. The summed E-state index contributed by atoms with van der Waals surface area (Å²) in [6.45, 7) is 0. The molecule has 56 heavy (non-hydrogen) atoms. The summed E-state index contributed by atoms with van der Waals surface area (Å²) in [4.78, 5) is 10.5. The minimum atomic E-state index is -0.514. The molecule has 0 saturated carbocycles. The number of aromatic nitrogens is 2. The van der Waals surface area contributed by atoms with Gasteiger partial charge in [0.05, 0.1) is 16.8 Å². The zero-order valence-electron chi connectivity index (χ0n) is 30.3. The highest BCUT2D eigenvalue weighted by Crippen LogP contribution is 2.66. The first-order valence-corrected chi connectivity index (χ1v) is 19.2. The van der Waals surface area contributed by atoms with E-state index in [1.54, 1.807) is 0 Å². The van der Waals surface area contributed by atoms with Gasteiger partial charge >= 0.3 is 0 Å². The van der Waals surface area contributed by atoms with Crippen molar-refractivity contribution >= 4 is 21.7 Å². The molecule has 0 N–H and O–H groups in total. The smallest absolute Gasteiger partial charge is 0.160 e. The lowest BCUT2D eigenvalue weighted by Gasteiger charge is -2.30. The van der Waals surface area contributed by atoms with E-state index in [1.165, 1.54) is 44.2 Å². The molecular formula is C53H32N2O. The van der Waals surface area contributed by atoms with E-state index in [0.717, 1.165) is 61.5 Å². The van der Waals surface area contributed by atoms with Crippen molar-refractivity contribution < 1.29 is 4.42 Å². The number of fused-ring (bicyclic) bond motifs is 13. The summed E-state index contributed by atoms with van der Waals surface area (Å²) in [6.07, 6.45) is 0. The maximum atomic E-state index is 6.97. The molecule has 8 aromatic carbocycles. The zero-order valence-corrected chi connectivity index (χ0v) is 30.3. The van der Waals surface area contributed by atoms with Crippen molar-refractivity contribution in [1.82, 2.24) is 9.97 Å². The Balaban J connectivity index is 1.08. The molecule has 2 aliphatic rings. The van der Waals surface area contributed by atoms with Crippen molar-refractivity contribution in [3.8, 4) is 67.5 Å². The third-order valence-corrected chi connectivity index (χ3v) is 11.9. The minimum Gasteiger partial charge on any atom is -0.456 e. The lowest BCUT2D eigenvalue weighted by atomic mass is 9.70.